The average Bonchev–Trinajstić information content (AvgIpc) is 3.53. The van der Waals surface area contributed by atoms with Gasteiger partial charge >= 0.3 is 0 Å². The predicted octanol–water partition coefficient (Wildman–Crippen LogP) is 16.3. The molecule has 0 amide bonds. The highest BCUT2D eigenvalue weighted by Crippen LogP contribution is 2.67. The largest absolute Gasteiger partial charge is 0.242 e. The Kier molecular flexibility index (Phi) is 11.0. The van der Waals surface area contributed by atoms with Gasteiger partial charge in [-0.3, -0.25) is 0 Å². The molecule has 7 aromatic carbocycles. The van der Waals surface area contributed by atoms with E-state index in [1.54, 1.807) is 27.6 Å². The van der Waals surface area contributed by atoms with Crippen LogP contribution in [0.2, 0.25) is 0 Å². The first kappa shape index (κ1) is 47.9. The highest BCUT2D eigenvalue weighted by Gasteiger charge is 2.62. The number of hydrogen-bond acceptors (Lipinski definition) is 0. The predicted molar refractivity (Wildman–Crippen MR) is 306 cm³/mol. The molecule has 362 valence electrons. The second-order valence-electron chi connectivity index (χ2n) is 27.4. The summed E-state index contributed by atoms with van der Waals surface area (Å²) in [4.78, 5) is 0. The van der Waals surface area contributed by atoms with E-state index in [1.807, 2.05) is 0 Å². The number of rotatable bonds is 5. The summed E-state index contributed by atoms with van der Waals surface area (Å²) in [5, 5.41) is 0. The zero-order valence-electron chi connectivity index (χ0n) is 45.9. The molecule has 11 rings (SSSR count). The molecule has 0 bridgehead atoms. The van der Waals surface area contributed by atoms with Crippen LogP contribution in [-0.4, -0.2) is 6.71 Å². The number of aryl methyl sites for hydroxylation is 1. The fourth-order valence-corrected chi connectivity index (χ4v) is 14.4. The van der Waals surface area contributed by atoms with Crippen molar-refractivity contribution in [3.63, 3.8) is 0 Å². The molecule has 2 heterocycles. The molecule has 0 radical (unpaired) electrons. The van der Waals surface area contributed by atoms with Crippen molar-refractivity contribution in [3.05, 3.63) is 217 Å². The summed E-state index contributed by atoms with van der Waals surface area (Å²) in [5.74, 6) is 0.458. The Morgan fingerprint density at radius 1 is 0.479 bits per heavy atom. The molecule has 0 spiro atoms. The van der Waals surface area contributed by atoms with Crippen LogP contribution in [-0.2, 0) is 27.1 Å². The van der Waals surface area contributed by atoms with Crippen LogP contribution in [0.25, 0.3) is 11.1 Å². The fourth-order valence-electron chi connectivity index (χ4n) is 14.4. The van der Waals surface area contributed by atoms with Gasteiger partial charge in [0.25, 0.3) is 0 Å². The van der Waals surface area contributed by atoms with Crippen LogP contribution in [0.3, 0.4) is 0 Å². The third-order valence-corrected chi connectivity index (χ3v) is 18.7. The van der Waals surface area contributed by atoms with Gasteiger partial charge in [0.15, 0.2) is 0 Å². The maximum Gasteiger partial charge on any atom is 0.242 e. The van der Waals surface area contributed by atoms with Gasteiger partial charge in [0, 0.05) is 17.8 Å². The van der Waals surface area contributed by atoms with E-state index >= 15 is 0 Å². The Bertz CT molecular complexity index is 3150. The summed E-state index contributed by atoms with van der Waals surface area (Å²) < 4.78 is 0. The van der Waals surface area contributed by atoms with E-state index in [0.29, 0.717) is 5.92 Å². The van der Waals surface area contributed by atoms with Crippen LogP contribution in [0.4, 0.5) is 0 Å². The lowest BCUT2D eigenvalue weighted by molar-refractivity contribution is 0.0925. The molecule has 0 saturated heterocycles. The minimum absolute atomic E-state index is 0.00232. The van der Waals surface area contributed by atoms with Crippen LogP contribution in [0, 0.1) is 12.3 Å². The molecule has 1 heteroatoms. The minimum Gasteiger partial charge on any atom is -0.0664 e. The summed E-state index contributed by atoms with van der Waals surface area (Å²) in [6.45, 7) is 36.3. The monoisotopic (exact) mass is 931 g/mol. The number of fused-ring (bicyclic) bond motifs is 7. The van der Waals surface area contributed by atoms with Gasteiger partial charge in [-0.25, -0.2) is 0 Å². The van der Waals surface area contributed by atoms with Crippen molar-refractivity contribution in [3.8, 4) is 11.1 Å². The molecule has 4 atom stereocenters. The van der Waals surface area contributed by atoms with Gasteiger partial charge in [0.2, 0.25) is 6.71 Å². The van der Waals surface area contributed by atoms with Crippen molar-refractivity contribution in [2.75, 3.05) is 0 Å². The van der Waals surface area contributed by atoms with E-state index in [0.717, 1.165) is 0 Å². The molecule has 0 aromatic heterocycles. The van der Waals surface area contributed by atoms with Crippen LogP contribution in [0.1, 0.15) is 218 Å². The SMILES string of the molecule is Cc1cc2c3c(c1)[C@H](c1ccc(C(C)(C)C)cc1-c1ccccc1)c1cc(C(c4ccc(C(C)(C)C)cc4)c4ccc(C(C)(C)C)cc4)ccc1B3c1cc(C(C)(C)C)cc3c1C2C1(C)CCCCC31C. The molecule has 7 aromatic rings. The maximum absolute atomic E-state index is 2.70. The summed E-state index contributed by atoms with van der Waals surface area (Å²) >= 11 is 0. The van der Waals surface area contributed by atoms with Gasteiger partial charge in [-0.2, -0.15) is 0 Å². The third-order valence-electron chi connectivity index (χ3n) is 18.7. The highest BCUT2D eigenvalue weighted by molar-refractivity contribution is 6.97. The lowest BCUT2D eigenvalue weighted by Gasteiger charge is -2.50. The fraction of sp³-hybridized carbons (Fsp3) is 0.400. The van der Waals surface area contributed by atoms with Gasteiger partial charge < -0.3 is 0 Å². The molecule has 1 saturated carbocycles. The number of benzene rings is 7. The first-order valence-electron chi connectivity index (χ1n) is 27.3. The van der Waals surface area contributed by atoms with Gasteiger partial charge in [0.05, 0.1) is 0 Å². The van der Waals surface area contributed by atoms with Crippen molar-refractivity contribution in [2.45, 2.75) is 174 Å². The topological polar surface area (TPSA) is 0 Å². The van der Waals surface area contributed by atoms with Crippen molar-refractivity contribution in [2.24, 2.45) is 5.41 Å². The second kappa shape index (κ2) is 16.3. The van der Waals surface area contributed by atoms with E-state index in [1.165, 1.54) is 103 Å². The quantitative estimate of drug-likeness (QED) is 0.119. The zero-order valence-corrected chi connectivity index (χ0v) is 45.9. The lowest BCUT2D eigenvalue weighted by Crippen LogP contribution is -2.63. The van der Waals surface area contributed by atoms with E-state index in [9.17, 15) is 0 Å². The summed E-state index contributed by atoms with van der Waals surface area (Å²) in [6.07, 6.45) is 5.15. The van der Waals surface area contributed by atoms with Crippen LogP contribution in [0.15, 0.2) is 140 Å². The summed E-state index contributed by atoms with van der Waals surface area (Å²) in [6, 6.07) is 56.6. The van der Waals surface area contributed by atoms with Crippen molar-refractivity contribution in [1.29, 1.82) is 0 Å². The maximum atomic E-state index is 2.70. The van der Waals surface area contributed by atoms with E-state index in [4.69, 9.17) is 0 Å². The van der Waals surface area contributed by atoms with Crippen LogP contribution < -0.4 is 16.4 Å². The number of hydrogen-bond donors (Lipinski definition) is 0. The normalized spacial score (nSPS) is 21.4. The van der Waals surface area contributed by atoms with Crippen molar-refractivity contribution < 1.29 is 0 Å². The van der Waals surface area contributed by atoms with Gasteiger partial charge in [0.1, 0.15) is 0 Å². The van der Waals surface area contributed by atoms with Gasteiger partial charge in [-0.05, 0) is 136 Å². The zero-order chi connectivity index (χ0) is 50.4. The second-order valence-corrected chi connectivity index (χ2v) is 27.4. The smallest absolute Gasteiger partial charge is 0.0664 e. The molecule has 3 unspecified atom stereocenters. The molecular weight excluding hydrogens is 852 g/mol. The first-order chi connectivity index (χ1) is 33.4. The van der Waals surface area contributed by atoms with Crippen molar-refractivity contribution >= 4 is 23.1 Å². The molecule has 0 nitrogen and oxygen atoms in total. The summed E-state index contributed by atoms with van der Waals surface area (Å²) in [5.41, 5.74) is 28.0. The van der Waals surface area contributed by atoms with E-state index in [-0.39, 0.29) is 51.0 Å². The highest BCUT2D eigenvalue weighted by atomic mass is 14.6. The Labute approximate surface area is 429 Å². The first-order valence-corrected chi connectivity index (χ1v) is 27.3. The van der Waals surface area contributed by atoms with Gasteiger partial charge in [-0.15, -0.1) is 0 Å². The standard InChI is InChI=1S/C70H79B/c1-43-37-55-61(52-33-32-50(67(8,9)10)40-53(52)44-21-17-16-18-22-44)54-39-47(60(45-23-28-48(29-24-45)65(2,3)4)46-25-30-49(31-26-46)66(5,6)7)27-34-58(54)71-59-42-51(68(11,12)13)41-57-62(59)63(56(38-43)64(55)71)70(15)36-20-19-35-69(57,70)14/h16-18,21-34,37-42,60-61,63H,19-20,35-36H2,1-15H3/t61-,63?,69?,70?/m1/s1. The van der Waals surface area contributed by atoms with E-state index < -0.39 is 0 Å². The summed E-state index contributed by atoms with van der Waals surface area (Å²) in [7, 11) is 0. The molecule has 2 aliphatic carbocycles. The Balaban J connectivity index is 1.24. The van der Waals surface area contributed by atoms with Gasteiger partial charge in [-0.1, -0.05) is 271 Å². The molecule has 1 fully saturated rings. The van der Waals surface area contributed by atoms with Crippen molar-refractivity contribution in [1.82, 2.24) is 0 Å². The van der Waals surface area contributed by atoms with Crippen LogP contribution >= 0.6 is 0 Å². The molecule has 71 heavy (non-hydrogen) atoms. The molecule has 2 aliphatic heterocycles. The Morgan fingerprint density at radius 3 is 1.62 bits per heavy atom. The van der Waals surface area contributed by atoms with E-state index in [2.05, 4.69) is 243 Å². The molecule has 0 N–H and O–H groups in total. The Morgan fingerprint density at radius 2 is 1.03 bits per heavy atom. The lowest BCUT2D eigenvalue weighted by atomic mass is 9.28. The molecule has 4 aliphatic rings. The minimum atomic E-state index is 0.00232. The average molecular weight is 931 g/mol. The van der Waals surface area contributed by atoms with Crippen LogP contribution in [0.5, 0.6) is 0 Å². The molecular formula is C70H79B. The Hall–Kier alpha value is -5.40. The third kappa shape index (κ3) is 7.59.